The van der Waals surface area contributed by atoms with Gasteiger partial charge in [-0.3, -0.25) is 0 Å². The Morgan fingerprint density at radius 3 is 1.50 bits per heavy atom. The van der Waals surface area contributed by atoms with Gasteiger partial charge in [-0.25, -0.2) is 0 Å². The van der Waals surface area contributed by atoms with E-state index in [2.05, 4.69) is 5.32 Å². The van der Waals surface area contributed by atoms with Crippen LogP contribution in [-0.4, -0.2) is 20.4 Å². The van der Waals surface area contributed by atoms with Crippen LogP contribution >= 0.6 is 0 Å². The number of carbonyl (C=O) groups is 1. The Morgan fingerprint density at radius 1 is 1.25 bits per heavy atom. The summed E-state index contributed by atoms with van der Waals surface area (Å²) in [5, 5.41) is 2.75. The standard InChI is InChI=1S/C6H12O.C2H7N.C2H6/c1-4-6(2,3)5-7;1-3-2;1-2/h5H,4H2,1-3H3;3H,1-2H3;1-2H3. The molecule has 0 atom stereocenters. The van der Waals surface area contributed by atoms with Crippen molar-refractivity contribution >= 4 is 6.29 Å². The van der Waals surface area contributed by atoms with Gasteiger partial charge in [-0.15, -0.1) is 0 Å². The van der Waals surface area contributed by atoms with E-state index >= 15 is 0 Å². The molecular formula is C10H25NO. The van der Waals surface area contributed by atoms with Crippen molar-refractivity contribution < 1.29 is 4.79 Å². The zero-order valence-electron chi connectivity index (χ0n) is 9.69. The van der Waals surface area contributed by atoms with Crippen LogP contribution in [0.5, 0.6) is 0 Å². The maximum Gasteiger partial charge on any atom is 0.125 e. The van der Waals surface area contributed by atoms with E-state index in [0.29, 0.717) is 0 Å². The molecule has 2 heteroatoms. The largest absolute Gasteiger partial charge is 0.323 e. The summed E-state index contributed by atoms with van der Waals surface area (Å²) >= 11 is 0. The SMILES string of the molecule is CC.CCC(C)(C)C=O.CNC. The molecule has 12 heavy (non-hydrogen) atoms. The zero-order chi connectivity index (χ0) is 10.6. The number of carbonyl (C=O) groups excluding carboxylic acids is 1. The summed E-state index contributed by atoms with van der Waals surface area (Å²) in [5.41, 5.74) is -0.0972. The first-order valence-corrected chi connectivity index (χ1v) is 4.59. The molecule has 1 N–H and O–H groups in total. The fraction of sp³-hybridized carbons (Fsp3) is 0.900. The van der Waals surface area contributed by atoms with Crippen molar-refractivity contribution in [3.05, 3.63) is 0 Å². The first-order chi connectivity index (χ1) is 5.54. The molecule has 0 aromatic rings. The number of rotatable bonds is 2. The van der Waals surface area contributed by atoms with E-state index in [0.717, 1.165) is 12.7 Å². The molecule has 0 aliphatic carbocycles. The van der Waals surface area contributed by atoms with Gasteiger partial charge in [0.25, 0.3) is 0 Å². The molecule has 0 aromatic heterocycles. The van der Waals surface area contributed by atoms with Gasteiger partial charge < -0.3 is 10.1 Å². The van der Waals surface area contributed by atoms with E-state index in [4.69, 9.17) is 0 Å². The summed E-state index contributed by atoms with van der Waals surface area (Å²) in [7, 11) is 3.75. The van der Waals surface area contributed by atoms with Crippen LogP contribution in [0.4, 0.5) is 0 Å². The lowest BCUT2D eigenvalue weighted by Gasteiger charge is -2.10. The van der Waals surface area contributed by atoms with Crippen molar-refractivity contribution in [2.24, 2.45) is 5.41 Å². The van der Waals surface area contributed by atoms with Gasteiger partial charge >= 0.3 is 0 Å². The van der Waals surface area contributed by atoms with Crippen molar-refractivity contribution in [1.82, 2.24) is 5.32 Å². The molecule has 0 spiro atoms. The molecule has 0 saturated heterocycles. The monoisotopic (exact) mass is 175 g/mol. The number of hydrogen-bond acceptors (Lipinski definition) is 2. The summed E-state index contributed by atoms with van der Waals surface area (Å²) in [4.78, 5) is 10.1. The van der Waals surface area contributed by atoms with Crippen LogP contribution in [-0.2, 0) is 4.79 Å². The lowest BCUT2D eigenvalue weighted by Crippen LogP contribution is -2.09. The van der Waals surface area contributed by atoms with Gasteiger partial charge in [0.2, 0.25) is 0 Å². The molecule has 0 amide bonds. The molecule has 0 fully saturated rings. The molecular weight excluding hydrogens is 150 g/mol. The summed E-state index contributed by atoms with van der Waals surface area (Å²) in [6, 6.07) is 0. The minimum Gasteiger partial charge on any atom is -0.323 e. The molecule has 2 nitrogen and oxygen atoms in total. The summed E-state index contributed by atoms with van der Waals surface area (Å²) in [6.45, 7) is 9.87. The number of aldehydes is 1. The third kappa shape index (κ3) is 22.6. The predicted molar refractivity (Wildman–Crippen MR) is 56.5 cm³/mol. The van der Waals surface area contributed by atoms with Crippen molar-refractivity contribution in [3.63, 3.8) is 0 Å². The van der Waals surface area contributed by atoms with Crippen LogP contribution < -0.4 is 5.32 Å². The fourth-order valence-corrected chi connectivity index (χ4v) is 0.0833. The second kappa shape index (κ2) is 13.2. The van der Waals surface area contributed by atoms with Crippen LogP contribution in [0.2, 0.25) is 0 Å². The van der Waals surface area contributed by atoms with E-state index in [1.54, 1.807) is 0 Å². The highest BCUT2D eigenvalue weighted by Gasteiger charge is 2.11. The molecule has 0 aliphatic rings. The Balaban J connectivity index is -0.000000137. The summed E-state index contributed by atoms with van der Waals surface area (Å²) < 4.78 is 0. The smallest absolute Gasteiger partial charge is 0.125 e. The topological polar surface area (TPSA) is 29.1 Å². The Morgan fingerprint density at radius 2 is 1.50 bits per heavy atom. The predicted octanol–water partition coefficient (Wildman–Crippen LogP) is 2.48. The van der Waals surface area contributed by atoms with Crippen molar-refractivity contribution in [2.45, 2.75) is 41.0 Å². The minimum atomic E-state index is -0.0972. The Bertz CT molecular complexity index is 79.9. The molecule has 76 valence electrons. The molecule has 0 rings (SSSR count). The molecule has 0 bridgehead atoms. The quantitative estimate of drug-likeness (QED) is 0.653. The van der Waals surface area contributed by atoms with Crippen molar-refractivity contribution in [1.29, 1.82) is 0 Å². The van der Waals surface area contributed by atoms with E-state index in [1.807, 2.05) is 48.7 Å². The van der Waals surface area contributed by atoms with E-state index < -0.39 is 0 Å². The summed E-state index contributed by atoms with van der Waals surface area (Å²) in [5.74, 6) is 0. The lowest BCUT2D eigenvalue weighted by atomic mass is 9.93. The first-order valence-electron chi connectivity index (χ1n) is 4.59. The zero-order valence-corrected chi connectivity index (χ0v) is 9.69. The minimum absolute atomic E-state index is 0.0972. The lowest BCUT2D eigenvalue weighted by molar-refractivity contribution is -0.114. The maximum absolute atomic E-state index is 10.1. The second-order valence-electron chi connectivity index (χ2n) is 2.96. The van der Waals surface area contributed by atoms with E-state index in [1.165, 1.54) is 0 Å². The van der Waals surface area contributed by atoms with Gasteiger partial charge in [-0.05, 0) is 20.5 Å². The highest BCUT2D eigenvalue weighted by Crippen LogP contribution is 2.14. The van der Waals surface area contributed by atoms with E-state index in [9.17, 15) is 4.79 Å². The van der Waals surface area contributed by atoms with Gasteiger partial charge in [0, 0.05) is 5.41 Å². The third-order valence-corrected chi connectivity index (χ3v) is 1.23. The molecule has 0 saturated carbocycles. The number of nitrogens with one attached hydrogen (secondary N) is 1. The summed E-state index contributed by atoms with van der Waals surface area (Å²) in [6.07, 6.45) is 1.92. The van der Waals surface area contributed by atoms with Gasteiger partial charge in [-0.2, -0.15) is 0 Å². The highest BCUT2D eigenvalue weighted by atomic mass is 16.1. The maximum atomic E-state index is 10.1. The van der Waals surface area contributed by atoms with Gasteiger partial charge in [0.15, 0.2) is 0 Å². The molecule has 0 heterocycles. The Kier molecular flexibility index (Phi) is 19.5. The second-order valence-corrected chi connectivity index (χ2v) is 2.96. The van der Waals surface area contributed by atoms with Crippen LogP contribution in [0.25, 0.3) is 0 Å². The van der Waals surface area contributed by atoms with Gasteiger partial charge in [-0.1, -0.05) is 34.6 Å². The molecule has 0 unspecified atom stereocenters. The molecule has 0 aliphatic heterocycles. The van der Waals surface area contributed by atoms with Crippen LogP contribution in [0.3, 0.4) is 0 Å². The first kappa shape index (κ1) is 17.6. The van der Waals surface area contributed by atoms with Gasteiger partial charge in [0.05, 0.1) is 0 Å². The van der Waals surface area contributed by atoms with E-state index in [-0.39, 0.29) is 5.41 Å². The fourth-order valence-electron chi connectivity index (χ4n) is 0.0833. The van der Waals surface area contributed by atoms with Gasteiger partial charge in [0.1, 0.15) is 6.29 Å². The average molecular weight is 175 g/mol. The molecule has 0 radical (unpaired) electrons. The Hall–Kier alpha value is -0.370. The number of hydrogen-bond donors (Lipinski definition) is 1. The normalized spacial score (nSPS) is 8.58. The average Bonchev–Trinajstić information content (AvgIpc) is 2.10. The van der Waals surface area contributed by atoms with Crippen LogP contribution in [0.15, 0.2) is 0 Å². The third-order valence-electron chi connectivity index (χ3n) is 1.23. The van der Waals surface area contributed by atoms with Crippen LogP contribution in [0.1, 0.15) is 41.0 Å². The highest BCUT2D eigenvalue weighted by molar-refractivity contribution is 5.57. The van der Waals surface area contributed by atoms with Crippen molar-refractivity contribution in [3.8, 4) is 0 Å². The van der Waals surface area contributed by atoms with Crippen molar-refractivity contribution in [2.75, 3.05) is 14.1 Å². The molecule has 0 aromatic carbocycles. The Labute approximate surface area is 77.7 Å². The van der Waals surface area contributed by atoms with Crippen LogP contribution in [0, 0.1) is 5.41 Å².